The van der Waals surface area contributed by atoms with Crippen LogP contribution in [0.15, 0.2) is 12.4 Å². The first-order chi connectivity index (χ1) is 9.65. The number of thiophene rings is 1. The quantitative estimate of drug-likeness (QED) is 0.937. The van der Waals surface area contributed by atoms with Crippen LogP contribution < -0.4 is 4.90 Å². The van der Waals surface area contributed by atoms with E-state index >= 15 is 0 Å². The lowest BCUT2D eigenvalue weighted by atomic mass is 10.1. The van der Waals surface area contributed by atoms with Crippen LogP contribution in [0.1, 0.15) is 18.2 Å². The van der Waals surface area contributed by atoms with Crippen LogP contribution in [0.3, 0.4) is 0 Å². The summed E-state index contributed by atoms with van der Waals surface area (Å²) >= 11 is 1.69. The number of anilines is 1. The maximum atomic E-state index is 9.67. The Hall–Kier alpha value is -1.24. The molecule has 1 aliphatic rings. The molecule has 1 aliphatic heterocycles. The van der Waals surface area contributed by atoms with Crippen LogP contribution in [-0.4, -0.2) is 47.0 Å². The predicted molar refractivity (Wildman–Crippen MR) is 80.4 cm³/mol. The van der Waals surface area contributed by atoms with E-state index in [-0.39, 0.29) is 12.1 Å². The van der Waals surface area contributed by atoms with Crippen molar-refractivity contribution in [3.63, 3.8) is 0 Å². The SMILES string of the molecule is Cc1cc2c(N3CCOCC3CC(C)O)ncnc2s1. The van der Waals surface area contributed by atoms with E-state index in [2.05, 4.69) is 27.9 Å². The molecule has 6 heteroatoms. The minimum absolute atomic E-state index is 0.169. The van der Waals surface area contributed by atoms with Gasteiger partial charge in [0.2, 0.25) is 0 Å². The van der Waals surface area contributed by atoms with Gasteiger partial charge in [-0.25, -0.2) is 9.97 Å². The zero-order valence-electron chi connectivity index (χ0n) is 11.7. The number of aromatic nitrogens is 2. The number of aliphatic hydroxyl groups excluding tert-OH is 1. The molecule has 1 saturated heterocycles. The van der Waals surface area contributed by atoms with Crippen molar-refractivity contribution in [2.45, 2.75) is 32.4 Å². The molecule has 2 atom stereocenters. The van der Waals surface area contributed by atoms with Crippen LogP contribution in [0.2, 0.25) is 0 Å². The molecule has 1 N–H and O–H groups in total. The Labute approximate surface area is 122 Å². The topological polar surface area (TPSA) is 58.5 Å². The van der Waals surface area contributed by atoms with Crippen LogP contribution in [-0.2, 0) is 4.74 Å². The second-order valence-corrected chi connectivity index (χ2v) is 6.51. The lowest BCUT2D eigenvalue weighted by Crippen LogP contribution is -2.47. The average Bonchev–Trinajstić information content (AvgIpc) is 2.79. The van der Waals surface area contributed by atoms with E-state index in [0.29, 0.717) is 19.6 Å². The van der Waals surface area contributed by atoms with Gasteiger partial charge in [-0.05, 0) is 26.3 Å². The van der Waals surface area contributed by atoms with Crippen LogP contribution in [0.4, 0.5) is 5.82 Å². The van der Waals surface area contributed by atoms with Crippen molar-refractivity contribution in [3.8, 4) is 0 Å². The van der Waals surface area contributed by atoms with Gasteiger partial charge in [-0.3, -0.25) is 0 Å². The highest BCUT2D eigenvalue weighted by molar-refractivity contribution is 7.18. The Kier molecular flexibility index (Phi) is 3.87. The van der Waals surface area contributed by atoms with E-state index in [0.717, 1.165) is 22.6 Å². The third kappa shape index (κ3) is 2.63. The molecule has 0 spiro atoms. The van der Waals surface area contributed by atoms with E-state index in [1.54, 1.807) is 17.7 Å². The zero-order chi connectivity index (χ0) is 14.1. The lowest BCUT2D eigenvalue weighted by molar-refractivity contribution is 0.0719. The van der Waals surface area contributed by atoms with Crippen LogP contribution in [0, 0.1) is 6.92 Å². The molecule has 0 aromatic carbocycles. The molecule has 0 bridgehead atoms. The molecule has 0 aliphatic carbocycles. The highest BCUT2D eigenvalue weighted by Crippen LogP contribution is 2.32. The number of hydrogen-bond acceptors (Lipinski definition) is 6. The number of ether oxygens (including phenoxy) is 1. The van der Waals surface area contributed by atoms with Gasteiger partial charge < -0.3 is 14.7 Å². The summed E-state index contributed by atoms with van der Waals surface area (Å²) in [5, 5.41) is 10.8. The number of hydrogen-bond donors (Lipinski definition) is 1. The number of aryl methyl sites for hydroxylation is 1. The molecule has 108 valence electrons. The molecular formula is C14H19N3O2S. The van der Waals surface area contributed by atoms with E-state index in [1.165, 1.54) is 4.88 Å². The Bertz CT molecular complexity index is 599. The minimum atomic E-state index is -0.342. The first kappa shape index (κ1) is 13.7. The Morgan fingerprint density at radius 3 is 3.20 bits per heavy atom. The van der Waals surface area contributed by atoms with Crippen molar-refractivity contribution in [2.24, 2.45) is 0 Å². The maximum Gasteiger partial charge on any atom is 0.141 e. The van der Waals surface area contributed by atoms with Crippen LogP contribution in [0.5, 0.6) is 0 Å². The fourth-order valence-electron chi connectivity index (χ4n) is 2.72. The van der Waals surface area contributed by atoms with E-state index in [1.807, 2.05) is 6.92 Å². The normalized spacial score (nSPS) is 21.4. The lowest BCUT2D eigenvalue weighted by Gasteiger charge is -2.37. The largest absolute Gasteiger partial charge is 0.393 e. The summed E-state index contributed by atoms with van der Waals surface area (Å²) in [5.41, 5.74) is 0. The number of rotatable bonds is 3. The second kappa shape index (κ2) is 5.63. The van der Waals surface area contributed by atoms with Gasteiger partial charge in [0.1, 0.15) is 17.0 Å². The van der Waals surface area contributed by atoms with Crippen molar-refractivity contribution in [1.29, 1.82) is 0 Å². The van der Waals surface area contributed by atoms with Gasteiger partial charge in [0.15, 0.2) is 0 Å². The Balaban J connectivity index is 1.98. The molecule has 1 fully saturated rings. The third-order valence-electron chi connectivity index (χ3n) is 3.54. The molecule has 0 saturated carbocycles. The number of morpholine rings is 1. The predicted octanol–water partition coefficient (Wildman–Crippen LogP) is 1.98. The highest BCUT2D eigenvalue weighted by Gasteiger charge is 2.27. The first-order valence-electron chi connectivity index (χ1n) is 6.88. The van der Waals surface area contributed by atoms with Gasteiger partial charge in [-0.15, -0.1) is 11.3 Å². The zero-order valence-corrected chi connectivity index (χ0v) is 12.6. The van der Waals surface area contributed by atoms with Gasteiger partial charge in [0, 0.05) is 11.4 Å². The van der Waals surface area contributed by atoms with Crippen molar-refractivity contribution >= 4 is 27.4 Å². The minimum Gasteiger partial charge on any atom is -0.393 e. The molecular weight excluding hydrogens is 274 g/mol. The van der Waals surface area contributed by atoms with Gasteiger partial charge in [-0.2, -0.15) is 0 Å². The monoisotopic (exact) mass is 293 g/mol. The van der Waals surface area contributed by atoms with Crippen molar-refractivity contribution in [3.05, 3.63) is 17.3 Å². The second-order valence-electron chi connectivity index (χ2n) is 5.28. The molecule has 3 heterocycles. The summed E-state index contributed by atoms with van der Waals surface area (Å²) < 4.78 is 5.56. The Morgan fingerprint density at radius 1 is 1.55 bits per heavy atom. The fraction of sp³-hybridized carbons (Fsp3) is 0.571. The average molecular weight is 293 g/mol. The summed E-state index contributed by atoms with van der Waals surface area (Å²) in [6, 6.07) is 2.31. The van der Waals surface area contributed by atoms with E-state index in [9.17, 15) is 5.11 Å². The molecule has 2 unspecified atom stereocenters. The molecule has 3 rings (SSSR count). The molecule has 2 aromatic heterocycles. The number of nitrogens with zero attached hydrogens (tertiary/aromatic N) is 3. The van der Waals surface area contributed by atoms with Gasteiger partial charge >= 0.3 is 0 Å². The molecule has 5 nitrogen and oxygen atoms in total. The summed E-state index contributed by atoms with van der Waals surface area (Å²) in [6.45, 7) is 6.04. The molecule has 20 heavy (non-hydrogen) atoms. The van der Waals surface area contributed by atoms with Gasteiger partial charge in [0.25, 0.3) is 0 Å². The molecule has 2 aromatic rings. The van der Waals surface area contributed by atoms with Gasteiger partial charge in [0.05, 0.1) is 30.7 Å². The summed E-state index contributed by atoms with van der Waals surface area (Å²) in [4.78, 5) is 13.3. The first-order valence-corrected chi connectivity index (χ1v) is 7.70. The highest BCUT2D eigenvalue weighted by atomic mass is 32.1. The maximum absolute atomic E-state index is 9.67. The fourth-order valence-corrected chi connectivity index (χ4v) is 3.56. The van der Waals surface area contributed by atoms with Crippen molar-refractivity contribution in [2.75, 3.05) is 24.7 Å². The summed E-state index contributed by atoms with van der Waals surface area (Å²) in [5.74, 6) is 0.966. The van der Waals surface area contributed by atoms with Crippen molar-refractivity contribution in [1.82, 2.24) is 9.97 Å². The van der Waals surface area contributed by atoms with E-state index in [4.69, 9.17) is 4.74 Å². The van der Waals surface area contributed by atoms with E-state index < -0.39 is 0 Å². The molecule has 0 radical (unpaired) electrons. The van der Waals surface area contributed by atoms with Crippen LogP contribution >= 0.6 is 11.3 Å². The standard InChI is InChI=1S/C14H19N3O2S/c1-9(18)5-11-7-19-4-3-17(11)13-12-6-10(2)20-14(12)16-8-15-13/h6,8-9,11,18H,3-5,7H2,1-2H3. The Morgan fingerprint density at radius 2 is 2.40 bits per heavy atom. The van der Waals surface area contributed by atoms with Gasteiger partial charge in [-0.1, -0.05) is 0 Å². The summed E-state index contributed by atoms with van der Waals surface area (Å²) in [6.07, 6.45) is 1.97. The van der Waals surface area contributed by atoms with Crippen molar-refractivity contribution < 1.29 is 9.84 Å². The van der Waals surface area contributed by atoms with Crippen LogP contribution in [0.25, 0.3) is 10.2 Å². The number of fused-ring (bicyclic) bond motifs is 1. The third-order valence-corrected chi connectivity index (χ3v) is 4.50. The smallest absolute Gasteiger partial charge is 0.141 e. The molecule has 0 amide bonds. The summed E-state index contributed by atoms with van der Waals surface area (Å²) in [7, 11) is 0. The number of aliphatic hydroxyl groups is 1.